The van der Waals surface area contributed by atoms with Crippen molar-refractivity contribution in [2.45, 2.75) is 52.4 Å². The molecule has 5 heteroatoms. The van der Waals surface area contributed by atoms with Crippen LogP contribution in [0, 0.1) is 0 Å². The Morgan fingerprint density at radius 1 is 0.275 bits per heavy atom. The zero-order valence-electron chi connectivity index (χ0n) is 66.6. The van der Waals surface area contributed by atoms with Crippen LogP contribution in [0.5, 0.6) is 0 Å². The lowest BCUT2D eigenvalue weighted by Gasteiger charge is -2.36. The first-order valence-electron chi connectivity index (χ1n) is 38.9. The summed E-state index contributed by atoms with van der Waals surface area (Å²) in [6.07, 6.45) is 0. The van der Waals surface area contributed by atoms with Gasteiger partial charge in [0.25, 0.3) is 6.71 Å². The van der Waals surface area contributed by atoms with Crippen LogP contribution in [0.2, 0.25) is 0 Å². The van der Waals surface area contributed by atoms with Crippen LogP contribution < -0.4 is 16.4 Å². The molecule has 17 aromatic rings. The Balaban J connectivity index is 1.12. The zero-order valence-corrected chi connectivity index (χ0v) is 50.6. The minimum atomic E-state index is -0.746. The lowest BCUT2D eigenvalue weighted by molar-refractivity contribution is 0.591. The van der Waals surface area contributed by atoms with Crippen molar-refractivity contribution in [3.05, 3.63) is 284 Å². The largest absolute Gasteiger partial charge is 0.310 e. The van der Waals surface area contributed by atoms with E-state index in [1.165, 1.54) is 0 Å². The van der Waals surface area contributed by atoms with Crippen molar-refractivity contribution in [1.82, 2.24) is 18.3 Å². The predicted octanol–water partition coefficient (Wildman–Crippen LogP) is 20.7. The van der Waals surface area contributed by atoms with Gasteiger partial charge in [0.1, 0.15) is 0 Å². The monoisotopic (exact) mass is 1180 g/mol. The van der Waals surface area contributed by atoms with E-state index in [2.05, 4.69) is 166 Å². The first-order valence-corrected chi connectivity index (χ1v) is 30.9. The number of rotatable bonds is 2. The molecule has 2 aliphatic rings. The van der Waals surface area contributed by atoms with E-state index in [9.17, 15) is 16.4 Å². The molecule has 6 heterocycles. The zero-order chi connectivity index (χ0) is 74.7. The molecule has 13 aromatic carbocycles. The Morgan fingerprint density at radius 3 is 0.978 bits per heavy atom. The molecule has 430 valence electrons. The van der Waals surface area contributed by atoms with Gasteiger partial charge in [0.15, 0.2) is 0 Å². The molecule has 0 spiro atoms. The van der Waals surface area contributed by atoms with Gasteiger partial charge in [-0.2, -0.15) is 0 Å². The lowest BCUT2D eigenvalue weighted by atomic mass is 9.34. The van der Waals surface area contributed by atoms with Gasteiger partial charge in [-0.25, -0.2) is 0 Å². The molecule has 0 amide bonds. The van der Waals surface area contributed by atoms with Crippen LogP contribution in [0.25, 0.3) is 153 Å². The third-order valence-electron chi connectivity index (χ3n) is 19.4. The Morgan fingerprint density at radius 2 is 0.604 bits per heavy atom. The Bertz CT molecular complexity index is 6670. The standard InChI is InChI=1S/C86H63BN4/c1-85(2,3)52-39-43-60-56-23-7-9-25-58(56)70-51-71-59-26-10-8-24-57(59)61-44-40-53(86(4,5)6)48-69(61)67-32-16-22-38-79(67)91-81-50-55(89-76-35-19-13-29-64(76)65-30-14-20-36-77(65)89)42-46-73(81)87-72-45-41-54(88-74-33-17-11-27-62(74)63-28-12-18-34-75(63)88)49-80(72)90(83(70)82(87)84(71)91)78-37-21-15-31-66(78)68(60)47-52/h7-51H,1-6H3/i11D,12D,13D,14D,17D,18D,19D,20D,27D,28D,29D,30D,33D,34D,35D,36D. The van der Waals surface area contributed by atoms with Crippen molar-refractivity contribution < 1.29 is 21.9 Å². The highest BCUT2D eigenvalue weighted by Crippen LogP contribution is 2.45. The van der Waals surface area contributed by atoms with E-state index in [1.54, 1.807) is 9.13 Å². The molecule has 0 fully saturated rings. The van der Waals surface area contributed by atoms with Crippen molar-refractivity contribution in [2.24, 2.45) is 0 Å². The summed E-state index contributed by atoms with van der Waals surface area (Å²) in [5.41, 5.74) is 9.01. The molecule has 91 heavy (non-hydrogen) atoms. The molecule has 0 unspecified atom stereocenters. The summed E-state index contributed by atoms with van der Waals surface area (Å²) in [6, 6.07) is 53.4. The average Bonchev–Trinajstić information content (AvgIpc) is 1.59. The van der Waals surface area contributed by atoms with Gasteiger partial charge in [-0.1, -0.05) is 235 Å². The second kappa shape index (κ2) is 18.8. The van der Waals surface area contributed by atoms with Gasteiger partial charge in [0, 0.05) is 65.8 Å². The van der Waals surface area contributed by atoms with Crippen LogP contribution in [0.3, 0.4) is 0 Å². The van der Waals surface area contributed by atoms with Gasteiger partial charge in [-0.3, -0.25) is 0 Å². The first kappa shape index (κ1) is 38.5. The van der Waals surface area contributed by atoms with Crippen LogP contribution >= 0.6 is 0 Å². The Hall–Kier alpha value is -10.9. The SMILES string of the molecule is [2H]c1c([2H])c([2H])c2c(c1[2H])c1c([2H])c([2H])c([2H])c([2H])c1n2-c1ccc2c(c1)-n1c3ccccc3c3cc(C(C)(C)C)ccc3c3ccccc3c3cc4c5ccccc5c5ccc(C(C)(C)C)cc5c5ccccc5n5c4c(c31)B2c1ccc(-n2c3c([2H])c([2H])c([2H])c([2H])c3c3c([2H])c([2H])c([2H])c([2H])c32)cc1-5. The number of aromatic nitrogens is 4. The summed E-state index contributed by atoms with van der Waals surface area (Å²) >= 11 is 0. The lowest BCUT2D eigenvalue weighted by Crippen LogP contribution is -2.59. The topological polar surface area (TPSA) is 19.7 Å². The molecule has 2 aliphatic heterocycles. The molecule has 0 radical (unpaired) electrons. The first-order chi connectivity index (χ1) is 51.1. The quantitative estimate of drug-likeness (QED) is 0.154. The average molecular weight is 1180 g/mol. The number of benzene rings is 13. The van der Waals surface area contributed by atoms with E-state index in [0.29, 0.717) is 22.7 Å². The van der Waals surface area contributed by atoms with E-state index in [1.807, 2.05) is 60.7 Å². The van der Waals surface area contributed by atoms with Crippen LogP contribution in [0.15, 0.2) is 273 Å². The van der Waals surface area contributed by atoms with Gasteiger partial charge < -0.3 is 18.3 Å². The molecule has 0 aliphatic carbocycles. The second-order valence-electron chi connectivity index (χ2n) is 26.4. The molecular weight excluding hydrogens is 1100 g/mol. The summed E-state index contributed by atoms with van der Waals surface area (Å²) in [5, 5.41) is 10.9. The number of para-hydroxylation sites is 6. The number of nitrogens with zero attached hydrogens (tertiary/aromatic N) is 4. The van der Waals surface area contributed by atoms with Crippen LogP contribution in [0.1, 0.15) is 74.6 Å². The fourth-order valence-electron chi connectivity index (χ4n) is 15.3. The van der Waals surface area contributed by atoms with Gasteiger partial charge in [-0.05, 0) is 160 Å². The molecule has 0 bridgehead atoms. The fourth-order valence-corrected chi connectivity index (χ4v) is 15.3. The predicted molar refractivity (Wildman–Crippen MR) is 391 cm³/mol. The molecule has 0 saturated carbocycles. The molecule has 0 saturated heterocycles. The molecule has 4 aromatic heterocycles. The highest BCUT2D eigenvalue weighted by atomic mass is 15.0. The fraction of sp³-hybridized carbons (Fsp3) is 0.0930. The van der Waals surface area contributed by atoms with Gasteiger partial charge in [-0.15, -0.1) is 0 Å². The molecule has 0 atom stereocenters. The molecule has 19 rings (SSSR count). The Kier molecular flexibility index (Phi) is 7.97. The van der Waals surface area contributed by atoms with Gasteiger partial charge >= 0.3 is 0 Å². The maximum Gasteiger partial charge on any atom is 0.252 e. The summed E-state index contributed by atoms with van der Waals surface area (Å²) in [5.74, 6) is 0. The second-order valence-corrected chi connectivity index (χ2v) is 26.4. The molecular formula is C86H63BN4. The smallest absolute Gasteiger partial charge is 0.252 e. The van der Waals surface area contributed by atoms with E-state index >= 15 is 0 Å². The summed E-state index contributed by atoms with van der Waals surface area (Å²) in [7, 11) is 0. The van der Waals surface area contributed by atoms with Crippen LogP contribution in [-0.4, -0.2) is 25.0 Å². The van der Waals surface area contributed by atoms with Gasteiger partial charge in [0.05, 0.1) is 66.1 Å². The van der Waals surface area contributed by atoms with Crippen LogP contribution in [0.4, 0.5) is 0 Å². The summed E-state index contributed by atoms with van der Waals surface area (Å²) in [6.45, 7) is 12.5. The normalized spacial score (nSPS) is 15.4. The van der Waals surface area contributed by atoms with Crippen molar-refractivity contribution in [3.63, 3.8) is 0 Å². The van der Waals surface area contributed by atoms with Gasteiger partial charge in [0.2, 0.25) is 0 Å². The maximum absolute atomic E-state index is 9.76. The highest BCUT2D eigenvalue weighted by Gasteiger charge is 2.40. The third kappa shape index (κ3) is 7.35. The highest BCUT2D eigenvalue weighted by molar-refractivity contribution is 7.00. The van der Waals surface area contributed by atoms with E-state index in [0.717, 1.165) is 114 Å². The summed E-state index contributed by atoms with van der Waals surface area (Å²) < 4.78 is 158. The van der Waals surface area contributed by atoms with Crippen LogP contribution in [-0.2, 0) is 10.8 Å². The minimum Gasteiger partial charge on any atom is -0.310 e. The number of hydrogen-bond acceptors (Lipinski definition) is 0. The number of hydrogen-bond donors (Lipinski definition) is 0. The molecule has 0 N–H and O–H groups in total. The van der Waals surface area contributed by atoms with Crippen molar-refractivity contribution >= 4 is 153 Å². The number of fused-ring (bicyclic) bond motifs is 26. The summed E-state index contributed by atoms with van der Waals surface area (Å²) in [4.78, 5) is 0. The van der Waals surface area contributed by atoms with Crippen molar-refractivity contribution in [1.29, 1.82) is 0 Å². The van der Waals surface area contributed by atoms with E-state index in [-0.39, 0.29) is 54.4 Å². The van der Waals surface area contributed by atoms with E-state index < -0.39 is 103 Å². The van der Waals surface area contributed by atoms with Crippen molar-refractivity contribution in [2.75, 3.05) is 0 Å². The van der Waals surface area contributed by atoms with E-state index in [4.69, 9.17) is 5.48 Å². The molecule has 4 nitrogen and oxygen atoms in total. The third-order valence-corrected chi connectivity index (χ3v) is 19.4. The minimum absolute atomic E-state index is 0.0337. The van der Waals surface area contributed by atoms with Crippen molar-refractivity contribution in [3.8, 4) is 22.7 Å². The maximum atomic E-state index is 9.76. The Labute approximate surface area is 550 Å².